The molecule has 1 unspecified atom stereocenters. The molecule has 34 heavy (non-hydrogen) atoms. The van der Waals surface area contributed by atoms with Crippen LogP contribution in [0.1, 0.15) is 47.1 Å². The summed E-state index contributed by atoms with van der Waals surface area (Å²) in [5.74, 6) is 11.5. The first kappa shape index (κ1) is 23.4. The number of rotatable bonds is 5. The van der Waals surface area contributed by atoms with Crippen LogP contribution in [-0.4, -0.2) is 73.4 Å². The number of aliphatic hydroxyl groups excluding tert-OH is 1. The van der Waals surface area contributed by atoms with Crippen LogP contribution in [0.3, 0.4) is 0 Å². The molecule has 2 aliphatic rings. The molecule has 4 heterocycles. The van der Waals surface area contributed by atoms with Gasteiger partial charge in [0.25, 0.3) is 5.91 Å². The lowest BCUT2D eigenvalue weighted by atomic mass is 10.1. The molecule has 0 saturated carbocycles. The van der Waals surface area contributed by atoms with Crippen LogP contribution >= 0.6 is 0 Å². The number of likely N-dealkylation sites (tertiary alicyclic amines) is 1. The van der Waals surface area contributed by atoms with Crippen LogP contribution in [0, 0.1) is 0 Å². The van der Waals surface area contributed by atoms with E-state index in [1.807, 2.05) is 4.90 Å². The summed E-state index contributed by atoms with van der Waals surface area (Å²) in [6.45, 7) is 4.04. The molecule has 1 saturated heterocycles. The van der Waals surface area contributed by atoms with Crippen molar-refractivity contribution < 1.29 is 14.7 Å². The van der Waals surface area contributed by atoms with E-state index in [-0.39, 0.29) is 30.0 Å². The number of amidine groups is 1. The van der Waals surface area contributed by atoms with E-state index in [0.717, 1.165) is 37.1 Å². The zero-order valence-electron chi connectivity index (χ0n) is 19.0. The summed E-state index contributed by atoms with van der Waals surface area (Å²) in [5, 5.41) is 17.0. The molecule has 0 aliphatic carbocycles. The predicted octanol–water partition coefficient (Wildman–Crippen LogP) is 0.437. The molecule has 2 aromatic heterocycles. The second kappa shape index (κ2) is 10.0. The average molecular weight is 468 g/mol. The largest absolute Gasteiger partial charge is 0.394 e. The number of hydrogen-bond donors (Lipinski definition) is 4. The Labute approximate surface area is 197 Å². The number of anilines is 1. The highest BCUT2D eigenvalue weighted by atomic mass is 16.3. The Morgan fingerprint density at radius 1 is 1.21 bits per heavy atom. The molecule has 2 aliphatic heterocycles. The zero-order valence-corrected chi connectivity index (χ0v) is 19.0. The highest BCUT2D eigenvalue weighted by Gasteiger charge is 2.29. The lowest BCUT2D eigenvalue weighted by molar-refractivity contribution is 0.102. The minimum absolute atomic E-state index is 0.0301. The van der Waals surface area contributed by atoms with Crippen LogP contribution < -0.4 is 17.0 Å². The van der Waals surface area contributed by atoms with Crippen molar-refractivity contribution in [1.82, 2.24) is 24.8 Å². The molecule has 3 amide bonds. The van der Waals surface area contributed by atoms with Crippen LogP contribution in [0.4, 0.5) is 10.6 Å². The summed E-state index contributed by atoms with van der Waals surface area (Å²) < 4.78 is 0. The van der Waals surface area contributed by atoms with E-state index in [9.17, 15) is 14.7 Å². The number of aliphatic hydroxyl groups is 1. The zero-order chi connectivity index (χ0) is 24.2. The maximum atomic E-state index is 12.9. The van der Waals surface area contributed by atoms with Gasteiger partial charge < -0.3 is 26.1 Å². The number of carbonyl (C=O) groups excluding carboxylic acids is 2. The van der Waals surface area contributed by atoms with Gasteiger partial charge in [-0.05, 0) is 49.1 Å². The Balaban J connectivity index is 1.45. The number of nitrogens with zero attached hydrogens (tertiary/aromatic N) is 6. The second-order valence-corrected chi connectivity index (χ2v) is 8.42. The maximum absolute atomic E-state index is 12.9. The molecule has 0 aromatic carbocycles. The number of fused-ring (bicyclic) bond motifs is 1. The van der Waals surface area contributed by atoms with Crippen molar-refractivity contribution >= 4 is 23.6 Å². The van der Waals surface area contributed by atoms with Crippen LogP contribution in [0.2, 0.25) is 0 Å². The number of hydrogen-bond acceptors (Lipinski definition) is 8. The van der Waals surface area contributed by atoms with Gasteiger partial charge in [0.1, 0.15) is 17.2 Å². The highest BCUT2D eigenvalue weighted by molar-refractivity contribution is 6.03. The van der Waals surface area contributed by atoms with Crippen molar-refractivity contribution in [3.05, 3.63) is 53.0 Å². The van der Waals surface area contributed by atoms with Crippen LogP contribution in [-0.2, 0) is 13.1 Å². The van der Waals surface area contributed by atoms with Gasteiger partial charge in [-0.15, -0.1) is 0 Å². The van der Waals surface area contributed by atoms with E-state index in [4.69, 9.17) is 11.7 Å². The number of amides is 3. The average Bonchev–Trinajstić information content (AvgIpc) is 3.53. The Hall–Kier alpha value is -3.77. The minimum Gasteiger partial charge on any atom is -0.394 e. The van der Waals surface area contributed by atoms with Crippen LogP contribution in [0.25, 0.3) is 0 Å². The third-order valence-electron chi connectivity index (χ3n) is 6.01. The number of nitrogens with one attached hydrogen (secondary N) is 1. The summed E-state index contributed by atoms with van der Waals surface area (Å²) in [5.41, 5.74) is 2.40. The van der Waals surface area contributed by atoms with Gasteiger partial charge in [-0.25, -0.2) is 15.6 Å². The second-order valence-electron chi connectivity index (χ2n) is 8.42. The molecule has 1 atom stereocenters. The number of urea groups is 1. The van der Waals surface area contributed by atoms with E-state index in [0.29, 0.717) is 18.8 Å². The number of carbonyl (C=O) groups is 2. The van der Waals surface area contributed by atoms with Gasteiger partial charge in [0.15, 0.2) is 5.84 Å². The van der Waals surface area contributed by atoms with Crippen molar-refractivity contribution in [2.24, 2.45) is 16.8 Å². The van der Waals surface area contributed by atoms with Crippen LogP contribution in [0.15, 0.2) is 35.6 Å². The fraction of sp³-hybridized carbons (Fsp3) is 0.409. The fourth-order valence-corrected chi connectivity index (χ4v) is 4.02. The van der Waals surface area contributed by atoms with Crippen molar-refractivity contribution in [2.75, 3.05) is 25.0 Å². The molecular formula is C22H29N9O3. The topological polar surface area (TPSA) is 166 Å². The molecule has 180 valence electrons. The van der Waals surface area contributed by atoms with Gasteiger partial charge in [-0.2, -0.15) is 5.10 Å². The molecule has 1 fully saturated rings. The van der Waals surface area contributed by atoms with E-state index < -0.39 is 11.9 Å². The monoisotopic (exact) mass is 467 g/mol. The predicted molar refractivity (Wildman–Crippen MR) is 125 cm³/mol. The quantitative estimate of drug-likeness (QED) is 0.213. The van der Waals surface area contributed by atoms with Crippen molar-refractivity contribution in [3.8, 4) is 0 Å². The first-order valence-electron chi connectivity index (χ1n) is 11.1. The van der Waals surface area contributed by atoms with Gasteiger partial charge >= 0.3 is 6.03 Å². The molecule has 12 nitrogen and oxygen atoms in total. The molecule has 4 rings (SSSR count). The van der Waals surface area contributed by atoms with Crippen molar-refractivity contribution in [1.29, 1.82) is 0 Å². The number of hydrazine groups is 1. The third-order valence-corrected chi connectivity index (χ3v) is 6.01. The Bertz CT molecular complexity index is 1100. The normalized spacial score (nSPS) is 16.4. The standard InChI is InChI=1S/C22H29N9O3/c1-14(13-32)31(24)20(28-23)17-5-4-6-19(26-17)27-21(33)18-9-15-11-30(12-16(15)10-25-18)22(34)29-7-2-3-8-29/h4-6,9-10,14,32H,2-3,7-8,11-13,23-24H2,1H3,(H,26,27,33)/b28-20-. The van der Waals surface area contributed by atoms with E-state index in [1.165, 1.54) is 5.01 Å². The molecule has 6 N–H and O–H groups in total. The van der Waals surface area contributed by atoms with Gasteiger partial charge in [-0.1, -0.05) is 6.07 Å². The number of hydrazone groups is 1. The summed E-state index contributed by atoms with van der Waals surface area (Å²) in [6.07, 6.45) is 3.72. The SMILES string of the molecule is CC(CO)N(N)/C(=N\N)c1cccc(NC(=O)c2cc3c(cn2)CN(C(=O)N2CCCC2)C3)n1. The molecular weight excluding hydrogens is 438 g/mol. The smallest absolute Gasteiger partial charge is 0.320 e. The molecule has 2 aromatic rings. The summed E-state index contributed by atoms with van der Waals surface area (Å²) >= 11 is 0. The van der Waals surface area contributed by atoms with Gasteiger partial charge in [0, 0.05) is 32.4 Å². The minimum atomic E-state index is -0.435. The van der Waals surface area contributed by atoms with Crippen molar-refractivity contribution in [2.45, 2.75) is 38.9 Å². The number of aromatic nitrogens is 2. The molecule has 0 radical (unpaired) electrons. The third kappa shape index (κ3) is 4.77. The number of nitrogens with two attached hydrogens (primary N) is 2. The van der Waals surface area contributed by atoms with Gasteiger partial charge in [0.05, 0.1) is 12.6 Å². The Morgan fingerprint density at radius 2 is 1.94 bits per heavy atom. The van der Waals surface area contributed by atoms with E-state index in [2.05, 4.69) is 20.4 Å². The summed E-state index contributed by atoms with van der Waals surface area (Å²) in [4.78, 5) is 37.8. The maximum Gasteiger partial charge on any atom is 0.320 e. The van der Waals surface area contributed by atoms with E-state index in [1.54, 1.807) is 42.3 Å². The fourth-order valence-electron chi connectivity index (χ4n) is 4.02. The first-order valence-corrected chi connectivity index (χ1v) is 11.1. The Morgan fingerprint density at radius 3 is 2.65 bits per heavy atom. The summed E-state index contributed by atoms with van der Waals surface area (Å²) in [6, 6.07) is 6.25. The summed E-state index contributed by atoms with van der Waals surface area (Å²) in [7, 11) is 0. The van der Waals surface area contributed by atoms with E-state index >= 15 is 0 Å². The number of pyridine rings is 2. The van der Waals surface area contributed by atoms with Crippen molar-refractivity contribution in [3.63, 3.8) is 0 Å². The highest BCUT2D eigenvalue weighted by Crippen LogP contribution is 2.25. The first-order chi connectivity index (χ1) is 16.4. The molecule has 12 heteroatoms. The van der Waals surface area contributed by atoms with Crippen LogP contribution in [0.5, 0.6) is 0 Å². The lowest BCUT2D eigenvalue weighted by Gasteiger charge is -2.25. The van der Waals surface area contributed by atoms with Gasteiger partial charge in [0.2, 0.25) is 0 Å². The Kier molecular flexibility index (Phi) is 6.89. The molecule has 0 bridgehead atoms. The lowest BCUT2D eigenvalue weighted by Crippen LogP contribution is -2.47. The van der Waals surface area contributed by atoms with Gasteiger partial charge in [-0.3, -0.25) is 14.8 Å². The molecule has 0 spiro atoms.